The molecule has 0 aromatic carbocycles. The van der Waals surface area contributed by atoms with Crippen LogP contribution in [0.4, 0.5) is 0 Å². The number of piperidine rings is 1. The van der Waals surface area contributed by atoms with E-state index in [0.29, 0.717) is 32.2 Å². The third kappa shape index (κ3) is 6.92. The van der Waals surface area contributed by atoms with Gasteiger partial charge in [-0.1, -0.05) is 0 Å². The van der Waals surface area contributed by atoms with Gasteiger partial charge in [0.05, 0.1) is 13.1 Å². The molecular weight excluding hydrogens is 318 g/mol. The molecule has 7 nitrogen and oxygen atoms in total. The van der Waals surface area contributed by atoms with Crippen LogP contribution in [-0.4, -0.2) is 97.5 Å². The summed E-state index contributed by atoms with van der Waals surface area (Å²) in [6, 6.07) is 0.500. The number of likely N-dealkylation sites (tertiary alicyclic amines) is 1. The van der Waals surface area contributed by atoms with E-state index >= 15 is 0 Å². The van der Waals surface area contributed by atoms with Crippen molar-refractivity contribution in [1.29, 1.82) is 0 Å². The van der Waals surface area contributed by atoms with E-state index in [-0.39, 0.29) is 17.4 Å². The molecule has 2 amide bonds. The maximum absolute atomic E-state index is 12.5. The third-order valence-corrected chi connectivity index (χ3v) is 4.88. The molecule has 0 aliphatic carbocycles. The lowest BCUT2D eigenvalue weighted by Crippen LogP contribution is -2.55. The predicted octanol–water partition coefficient (Wildman–Crippen LogP) is -0.271. The van der Waals surface area contributed by atoms with Crippen molar-refractivity contribution in [2.45, 2.75) is 45.2 Å². The van der Waals surface area contributed by atoms with Crippen molar-refractivity contribution in [3.63, 3.8) is 0 Å². The average Bonchev–Trinajstić information content (AvgIpc) is 2.53. The van der Waals surface area contributed by atoms with Crippen LogP contribution in [0.2, 0.25) is 0 Å². The lowest BCUT2D eigenvalue weighted by Gasteiger charge is -2.37. The fourth-order valence-corrected chi connectivity index (χ4v) is 3.54. The van der Waals surface area contributed by atoms with Crippen molar-refractivity contribution >= 4 is 11.8 Å². The van der Waals surface area contributed by atoms with Crippen molar-refractivity contribution in [2.24, 2.45) is 0 Å². The van der Waals surface area contributed by atoms with Crippen LogP contribution in [0.25, 0.3) is 0 Å². The first-order valence-corrected chi connectivity index (χ1v) is 9.47. The molecule has 1 unspecified atom stereocenters. The van der Waals surface area contributed by atoms with Crippen LogP contribution in [0.1, 0.15) is 33.6 Å². The van der Waals surface area contributed by atoms with Crippen LogP contribution in [0.15, 0.2) is 0 Å². The Kier molecular flexibility index (Phi) is 7.22. The molecule has 0 saturated carbocycles. The number of nitrogens with one attached hydrogen (secondary N) is 2. The van der Waals surface area contributed by atoms with Crippen LogP contribution in [0.3, 0.4) is 0 Å². The summed E-state index contributed by atoms with van der Waals surface area (Å²) in [6.45, 7) is 11.8. The second kappa shape index (κ2) is 8.96. The van der Waals surface area contributed by atoms with Crippen molar-refractivity contribution in [1.82, 2.24) is 25.3 Å². The van der Waals surface area contributed by atoms with Gasteiger partial charge in [0, 0.05) is 44.3 Å². The normalized spacial score (nSPS) is 23.5. The molecule has 25 heavy (non-hydrogen) atoms. The monoisotopic (exact) mass is 353 g/mol. The Bertz CT molecular complexity index is 455. The quantitative estimate of drug-likeness (QED) is 0.712. The summed E-state index contributed by atoms with van der Waals surface area (Å²) >= 11 is 0. The summed E-state index contributed by atoms with van der Waals surface area (Å²) < 4.78 is 0. The van der Waals surface area contributed by atoms with Gasteiger partial charge in [-0.05, 0) is 47.2 Å². The Hall–Kier alpha value is -1.18. The van der Waals surface area contributed by atoms with Gasteiger partial charge in [-0.15, -0.1) is 0 Å². The fourth-order valence-electron chi connectivity index (χ4n) is 3.54. The number of carbonyl (C=O) groups excluding carboxylic acids is 2. The number of likely N-dealkylation sites (N-methyl/N-ethyl adjacent to an activating group) is 1. The number of carbonyl (C=O) groups is 2. The molecule has 0 spiro atoms. The number of hydrogen-bond acceptors (Lipinski definition) is 5. The number of hydrogen-bond donors (Lipinski definition) is 2. The van der Waals surface area contributed by atoms with E-state index in [0.717, 1.165) is 32.6 Å². The number of rotatable bonds is 5. The molecule has 0 radical (unpaired) electrons. The standard InChI is InChI=1S/C18H35N5O2/c1-18(2,3)20-16(24)13-21-8-10-23(11-9-21)17(25)14-22-7-5-6-15(12-22)19-4/h15,19H,5-14H2,1-4H3,(H,20,24). The van der Waals surface area contributed by atoms with Crippen LogP contribution in [0, 0.1) is 0 Å². The molecule has 1 atom stereocenters. The molecule has 2 rings (SSSR count). The van der Waals surface area contributed by atoms with Gasteiger partial charge >= 0.3 is 0 Å². The van der Waals surface area contributed by atoms with Crippen LogP contribution in [0.5, 0.6) is 0 Å². The first-order valence-electron chi connectivity index (χ1n) is 9.47. The molecule has 2 fully saturated rings. The Labute approximate surface area is 152 Å². The molecule has 0 bridgehead atoms. The number of amides is 2. The zero-order chi connectivity index (χ0) is 18.4. The van der Waals surface area contributed by atoms with Crippen molar-refractivity contribution in [3.05, 3.63) is 0 Å². The smallest absolute Gasteiger partial charge is 0.236 e. The van der Waals surface area contributed by atoms with Crippen LogP contribution in [-0.2, 0) is 9.59 Å². The minimum atomic E-state index is -0.200. The molecule has 2 saturated heterocycles. The highest BCUT2D eigenvalue weighted by atomic mass is 16.2. The summed E-state index contributed by atoms with van der Waals surface area (Å²) in [5.41, 5.74) is -0.200. The predicted molar refractivity (Wildman–Crippen MR) is 99.4 cm³/mol. The molecule has 2 aliphatic rings. The third-order valence-electron chi connectivity index (χ3n) is 4.88. The SMILES string of the molecule is CNC1CCCN(CC(=O)N2CCN(CC(=O)NC(C)(C)C)CC2)C1. The van der Waals surface area contributed by atoms with E-state index in [1.54, 1.807) is 0 Å². The van der Waals surface area contributed by atoms with Gasteiger partial charge in [0.15, 0.2) is 0 Å². The molecule has 0 aromatic heterocycles. The van der Waals surface area contributed by atoms with E-state index < -0.39 is 0 Å². The van der Waals surface area contributed by atoms with E-state index in [2.05, 4.69) is 20.4 Å². The lowest BCUT2D eigenvalue weighted by atomic mass is 10.1. The Morgan fingerprint density at radius 3 is 2.28 bits per heavy atom. The molecular formula is C18H35N5O2. The second-order valence-corrected chi connectivity index (χ2v) is 8.32. The maximum Gasteiger partial charge on any atom is 0.236 e. The first kappa shape index (κ1) is 20.1. The summed E-state index contributed by atoms with van der Waals surface area (Å²) in [6.07, 6.45) is 2.34. The van der Waals surface area contributed by atoms with Crippen molar-refractivity contribution in [2.75, 3.05) is 59.4 Å². The summed E-state index contributed by atoms with van der Waals surface area (Å²) in [5.74, 6) is 0.272. The largest absolute Gasteiger partial charge is 0.350 e. The maximum atomic E-state index is 12.5. The average molecular weight is 354 g/mol. The highest BCUT2D eigenvalue weighted by Gasteiger charge is 2.26. The Balaban J connectivity index is 1.70. The van der Waals surface area contributed by atoms with Gasteiger partial charge in [0.25, 0.3) is 0 Å². The zero-order valence-electron chi connectivity index (χ0n) is 16.3. The van der Waals surface area contributed by atoms with E-state index in [1.165, 1.54) is 6.42 Å². The van der Waals surface area contributed by atoms with E-state index in [1.807, 2.05) is 32.7 Å². The van der Waals surface area contributed by atoms with E-state index in [9.17, 15) is 9.59 Å². The molecule has 2 aliphatic heterocycles. The minimum absolute atomic E-state index is 0.0544. The van der Waals surface area contributed by atoms with Crippen LogP contribution < -0.4 is 10.6 Å². The highest BCUT2D eigenvalue weighted by molar-refractivity contribution is 5.79. The summed E-state index contributed by atoms with van der Waals surface area (Å²) in [5, 5.41) is 6.31. The van der Waals surface area contributed by atoms with Gasteiger partial charge in [-0.25, -0.2) is 0 Å². The Morgan fingerprint density at radius 2 is 1.68 bits per heavy atom. The van der Waals surface area contributed by atoms with Crippen molar-refractivity contribution < 1.29 is 9.59 Å². The van der Waals surface area contributed by atoms with E-state index in [4.69, 9.17) is 0 Å². The molecule has 7 heteroatoms. The topological polar surface area (TPSA) is 67.9 Å². The van der Waals surface area contributed by atoms with Crippen molar-refractivity contribution in [3.8, 4) is 0 Å². The summed E-state index contributed by atoms with van der Waals surface area (Å²) in [4.78, 5) is 30.9. The summed E-state index contributed by atoms with van der Waals surface area (Å²) in [7, 11) is 1.99. The minimum Gasteiger partial charge on any atom is -0.350 e. The molecule has 2 heterocycles. The number of piperazine rings is 1. The molecule has 0 aromatic rings. The van der Waals surface area contributed by atoms with Gasteiger partial charge in [-0.3, -0.25) is 19.4 Å². The fraction of sp³-hybridized carbons (Fsp3) is 0.889. The second-order valence-electron chi connectivity index (χ2n) is 8.32. The molecule has 2 N–H and O–H groups in total. The van der Waals surface area contributed by atoms with Crippen LogP contribution >= 0.6 is 0 Å². The molecule has 144 valence electrons. The van der Waals surface area contributed by atoms with Gasteiger partial charge in [0.2, 0.25) is 11.8 Å². The van der Waals surface area contributed by atoms with Gasteiger partial charge in [0.1, 0.15) is 0 Å². The van der Waals surface area contributed by atoms with Gasteiger partial charge < -0.3 is 15.5 Å². The Morgan fingerprint density at radius 1 is 1.00 bits per heavy atom. The first-order chi connectivity index (χ1) is 11.8. The highest BCUT2D eigenvalue weighted by Crippen LogP contribution is 2.11. The number of nitrogens with zero attached hydrogens (tertiary/aromatic N) is 3. The zero-order valence-corrected chi connectivity index (χ0v) is 16.3. The lowest BCUT2D eigenvalue weighted by molar-refractivity contribution is -0.134. The van der Waals surface area contributed by atoms with Gasteiger partial charge in [-0.2, -0.15) is 0 Å².